The van der Waals surface area contributed by atoms with E-state index in [-0.39, 0.29) is 0 Å². The van der Waals surface area contributed by atoms with Gasteiger partial charge in [0.25, 0.3) is 0 Å². The molecule has 0 radical (unpaired) electrons. The van der Waals surface area contributed by atoms with Crippen molar-refractivity contribution in [1.82, 2.24) is 20.2 Å². The van der Waals surface area contributed by atoms with Gasteiger partial charge in [0.05, 0.1) is 5.69 Å². The van der Waals surface area contributed by atoms with Gasteiger partial charge in [-0.15, -0.1) is 5.10 Å². The summed E-state index contributed by atoms with van der Waals surface area (Å²) in [7, 11) is 0. The number of nitrogens with zero attached hydrogens (tertiary/aromatic N) is 5. The summed E-state index contributed by atoms with van der Waals surface area (Å²) in [6.45, 7) is 6.93. The Bertz CT molecular complexity index is 703. The van der Waals surface area contributed by atoms with Crippen LogP contribution in [-0.4, -0.2) is 39.8 Å². The Morgan fingerprint density at radius 1 is 1.09 bits per heavy atom. The fourth-order valence-electron chi connectivity index (χ4n) is 3.40. The topological polar surface area (TPSA) is 66.8 Å². The van der Waals surface area contributed by atoms with Crippen LogP contribution < -0.4 is 10.2 Å². The first-order valence-corrected chi connectivity index (χ1v) is 8.34. The lowest BCUT2D eigenvalue weighted by molar-refractivity contribution is 0.424. The van der Waals surface area contributed by atoms with Gasteiger partial charge in [0.1, 0.15) is 0 Å². The minimum absolute atomic E-state index is 0.606. The molecule has 23 heavy (non-hydrogen) atoms. The summed E-state index contributed by atoms with van der Waals surface area (Å²) < 4.78 is 0. The molecule has 1 N–H and O–H groups in total. The third-order valence-corrected chi connectivity index (χ3v) is 4.62. The predicted octanol–water partition coefficient (Wildman–Crippen LogP) is 1.92. The van der Waals surface area contributed by atoms with Crippen LogP contribution >= 0.6 is 0 Å². The highest BCUT2D eigenvalue weighted by Gasteiger charge is 2.29. The maximum absolute atomic E-state index is 4.42. The van der Waals surface area contributed by atoms with E-state index in [9.17, 15) is 0 Å². The molecule has 2 aliphatic rings. The van der Waals surface area contributed by atoms with Crippen LogP contribution in [0, 0.1) is 19.8 Å². The number of nitrogens with one attached hydrogen (secondary N) is 1. The van der Waals surface area contributed by atoms with Gasteiger partial charge >= 0.3 is 0 Å². The second-order valence-electron chi connectivity index (χ2n) is 6.65. The number of hydrogen-bond acceptors (Lipinski definition) is 6. The Balaban J connectivity index is 1.31. The Kier molecular flexibility index (Phi) is 3.59. The Labute approximate surface area is 136 Å². The fourth-order valence-corrected chi connectivity index (χ4v) is 3.40. The number of aromatic nitrogens is 4. The van der Waals surface area contributed by atoms with E-state index < -0.39 is 0 Å². The van der Waals surface area contributed by atoms with E-state index in [1.807, 2.05) is 19.9 Å². The van der Waals surface area contributed by atoms with Gasteiger partial charge in [0.15, 0.2) is 5.82 Å². The molecule has 3 heterocycles. The number of fused-ring (bicyclic) bond motifs is 1. The molecule has 1 fully saturated rings. The zero-order chi connectivity index (χ0) is 15.8. The third kappa shape index (κ3) is 2.98. The fraction of sp³-hybridized carbons (Fsp3) is 0.529. The van der Waals surface area contributed by atoms with Gasteiger partial charge in [-0.1, -0.05) is 0 Å². The third-order valence-electron chi connectivity index (χ3n) is 4.62. The van der Waals surface area contributed by atoms with Crippen molar-refractivity contribution in [2.24, 2.45) is 5.92 Å². The van der Waals surface area contributed by atoms with E-state index in [1.54, 1.807) is 0 Å². The van der Waals surface area contributed by atoms with Crippen LogP contribution in [0.5, 0.6) is 0 Å². The van der Waals surface area contributed by atoms with Crippen LogP contribution in [0.4, 0.5) is 11.8 Å². The van der Waals surface area contributed by atoms with Gasteiger partial charge in [-0.3, -0.25) is 0 Å². The summed E-state index contributed by atoms with van der Waals surface area (Å²) in [5.41, 5.74) is 4.59. The molecule has 0 unspecified atom stereocenters. The molecule has 6 heteroatoms. The van der Waals surface area contributed by atoms with Gasteiger partial charge in [0.2, 0.25) is 5.95 Å². The molecule has 120 valence electrons. The highest BCUT2D eigenvalue weighted by atomic mass is 15.3. The lowest BCUT2D eigenvalue weighted by atomic mass is 10.00. The minimum atomic E-state index is 0.606. The zero-order valence-corrected chi connectivity index (χ0v) is 13.7. The summed E-state index contributed by atoms with van der Waals surface area (Å²) >= 11 is 0. The second-order valence-corrected chi connectivity index (χ2v) is 6.65. The average molecular weight is 310 g/mol. The molecule has 1 saturated heterocycles. The van der Waals surface area contributed by atoms with Crippen LogP contribution in [0.2, 0.25) is 0 Å². The molecular weight excluding hydrogens is 288 g/mol. The molecule has 0 saturated carbocycles. The first-order chi connectivity index (χ1) is 11.2. The maximum atomic E-state index is 4.42. The summed E-state index contributed by atoms with van der Waals surface area (Å²) in [6, 6.07) is 4.22. The Hall–Kier alpha value is -2.24. The quantitative estimate of drug-likeness (QED) is 0.930. The SMILES string of the molecule is Cc1cc(C)nc(NCC2CN(c3cc4c(nn3)CCC4)C2)n1. The van der Waals surface area contributed by atoms with E-state index in [2.05, 4.69) is 36.4 Å². The molecule has 1 aliphatic heterocycles. The molecule has 0 atom stereocenters. The number of rotatable bonds is 4. The maximum Gasteiger partial charge on any atom is 0.223 e. The van der Waals surface area contributed by atoms with Crippen molar-refractivity contribution >= 4 is 11.8 Å². The monoisotopic (exact) mass is 310 g/mol. The van der Waals surface area contributed by atoms with Gasteiger partial charge in [-0.05, 0) is 50.8 Å². The van der Waals surface area contributed by atoms with E-state index >= 15 is 0 Å². The molecule has 0 bridgehead atoms. The smallest absolute Gasteiger partial charge is 0.223 e. The summed E-state index contributed by atoms with van der Waals surface area (Å²) in [6.07, 6.45) is 3.46. The van der Waals surface area contributed by atoms with E-state index in [4.69, 9.17) is 0 Å². The van der Waals surface area contributed by atoms with Crippen molar-refractivity contribution in [3.63, 3.8) is 0 Å². The van der Waals surface area contributed by atoms with Crippen LogP contribution in [0.1, 0.15) is 29.1 Å². The Morgan fingerprint density at radius 3 is 2.65 bits per heavy atom. The summed E-state index contributed by atoms with van der Waals surface area (Å²) in [5.74, 6) is 2.37. The predicted molar refractivity (Wildman–Crippen MR) is 89.8 cm³/mol. The van der Waals surface area contributed by atoms with Crippen molar-refractivity contribution in [3.05, 3.63) is 34.8 Å². The van der Waals surface area contributed by atoms with E-state index in [1.165, 1.54) is 17.7 Å². The summed E-state index contributed by atoms with van der Waals surface area (Å²) in [5, 5.41) is 12.1. The van der Waals surface area contributed by atoms with Crippen molar-refractivity contribution in [2.75, 3.05) is 29.9 Å². The first kappa shape index (κ1) is 14.4. The van der Waals surface area contributed by atoms with Gasteiger partial charge in [-0.25, -0.2) is 9.97 Å². The molecule has 2 aromatic heterocycles. The number of anilines is 2. The van der Waals surface area contributed by atoms with Crippen LogP contribution in [0.3, 0.4) is 0 Å². The van der Waals surface area contributed by atoms with Crippen LogP contribution in [-0.2, 0) is 12.8 Å². The molecule has 0 aromatic carbocycles. The second kappa shape index (κ2) is 5.76. The minimum Gasteiger partial charge on any atom is -0.354 e. The average Bonchev–Trinajstić information content (AvgIpc) is 2.92. The molecule has 2 aromatic rings. The van der Waals surface area contributed by atoms with Crippen molar-refractivity contribution in [2.45, 2.75) is 33.1 Å². The lowest BCUT2D eigenvalue weighted by Crippen LogP contribution is -2.50. The molecule has 4 rings (SSSR count). The number of aryl methyl sites for hydroxylation is 4. The van der Waals surface area contributed by atoms with Crippen molar-refractivity contribution in [1.29, 1.82) is 0 Å². The molecular formula is C17H22N6. The summed E-state index contributed by atoms with van der Waals surface area (Å²) in [4.78, 5) is 11.2. The van der Waals surface area contributed by atoms with E-state index in [0.29, 0.717) is 5.92 Å². The van der Waals surface area contributed by atoms with E-state index in [0.717, 1.165) is 55.6 Å². The van der Waals surface area contributed by atoms with Crippen molar-refractivity contribution in [3.8, 4) is 0 Å². The Morgan fingerprint density at radius 2 is 1.87 bits per heavy atom. The van der Waals surface area contributed by atoms with Crippen molar-refractivity contribution < 1.29 is 0 Å². The first-order valence-electron chi connectivity index (χ1n) is 8.34. The lowest BCUT2D eigenvalue weighted by Gasteiger charge is -2.40. The highest BCUT2D eigenvalue weighted by molar-refractivity contribution is 5.45. The molecule has 6 nitrogen and oxygen atoms in total. The molecule has 1 aliphatic carbocycles. The van der Waals surface area contributed by atoms with Gasteiger partial charge in [0, 0.05) is 36.9 Å². The number of hydrogen-bond donors (Lipinski definition) is 1. The standard InChI is InChI=1S/C17H22N6/c1-11-6-12(2)20-17(19-11)18-8-13-9-23(10-13)16-7-14-4-3-5-15(14)21-22-16/h6-7,13H,3-5,8-10H2,1-2H3,(H,18,19,20). The van der Waals surface area contributed by atoms with Crippen LogP contribution in [0.25, 0.3) is 0 Å². The molecule has 0 spiro atoms. The van der Waals surface area contributed by atoms with Gasteiger partial charge in [-0.2, -0.15) is 5.10 Å². The largest absolute Gasteiger partial charge is 0.354 e. The highest BCUT2D eigenvalue weighted by Crippen LogP contribution is 2.27. The normalized spacial score (nSPS) is 17.0. The van der Waals surface area contributed by atoms with Crippen LogP contribution in [0.15, 0.2) is 12.1 Å². The zero-order valence-electron chi connectivity index (χ0n) is 13.7. The molecule has 0 amide bonds. The van der Waals surface area contributed by atoms with Gasteiger partial charge < -0.3 is 10.2 Å².